The molecule has 0 aromatic heterocycles. The molecule has 0 radical (unpaired) electrons. The Labute approximate surface area is 91.7 Å². The SMILES string of the molecule is CCC(C)(C#N)c1cccc(Br)c1F. The van der Waals surface area contributed by atoms with Gasteiger partial charge in [-0.25, -0.2) is 4.39 Å². The van der Waals surface area contributed by atoms with E-state index in [4.69, 9.17) is 5.26 Å². The molecule has 1 atom stereocenters. The third-order valence-electron chi connectivity index (χ3n) is 2.50. The number of halogens is 2. The molecule has 0 fully saturated rings. The Hall–Kier alpha value is -0.880. The Morgan fingerprint density at radius 2 is 2.21 bits per heavy atom. The van der Waals surface area contributed by atoms with Gasteiger partial charge in [-0.3, -0.25) is 0 Å². The van der Waals surface area contributed by atoms with E-state index in [1.54, 1.807) is 25.1 Å². The number of hydrogen-bond donors (Lipinski definition) is 0. The average Bonchev–Trinajstić information content (AvgIpc) is 2.21. The summed E-state index contributed by atoms with van der Waals surface area (Å²) in [5.74, 6) is -0.335. The first-order valence-corrected chi connectivity index (χ1v) is 5.20. The second-order valence-electron chi connectivity index (χ2n) is 3.40. The van der Waals surface area contributed by atoms with Gasteiger partial charge in [0.1, 0.15) is 5.82 Å². The molecule has 1 rings (SSSR count). The smallest absolute Gasteiger partial charge is 0.142 e. The van der Waals surface area contributed by atoms with Gasteiger partial charge in [-0.2, -0.15) is 5.26 Å². The van der Waals surface area contributed by atoms with E-state index in [9.17, 15) is 4.39 Å². The molecule has 0 amide bonds. The molecule has 1 aromatic rings. The second-order valence-corrected chi connectivity index (χ2v) is 4.25. The summed E-state index contributed by atoms with van der Waals surface area (Å²) in [6.45, 7) is 3.63. The monoisotopic (exact) mass is 255 g/mol. The number of nitrogens with zero attached hydrogens (tertiary/aromatic N) is 1. The van der Waals surface area contributed by atoms with Crippen molar-refractivity contribution >= 4 is 15.9 Å². The van der Waals surface area contributed by atoms with Gasteiger partial charge < -0.3 is 0 Å². The maximum Gasteiger partial charge on any atom is 0.142 e. The Bertz CT molecular complexity index is 383. The first kappa shape index (κ1) is 11.2. The molecule has 0 N–H and O–H groups in total. The van der Waals surface area contributed by atoms with Crippen molar-refractivity contribution < 1.29 is 4.39 Å². The van der Waals surface area contributed by atoms with E-state index in [2.05, 4.69) is 22.0 Å². The normalized spacial score (nSPS) is 14.5. The molecule has 0 heterocycles. The zero-order valence-electron chi connectivity index (χ0n) is 8.14. The van der Waals surface area contributed by atoms with Gasteiger partial charge in [-0.1, -0.05) is 19.1 Å². The van der Waals surface area contributed by atoms with Crippen LogP contribution in [0.4, 0.5) is 4.39 Å². The fourth-order valence-corrected chi connectivity index (χ4v) is 1.63. The van der Waals surface area contributed by atoms with Crippen LogP contribution in [0.15, 0.2) is 22.7 Å². The van der Waals surface area contributed by atoms with E-state index in [1.807, 2.05) is 6.92 Å². The van der Waals surface area contributed by atoms with Crippen LogP contribution in [0.2, 0.25) is 0 Å². The van der Waals surface area contributed by atoms with Crippen molar-refractivity contribution in [2.45, 2.75) is 25.7 Å². The van der Waals surface area contributed by atoms with Crippen LogP contribution in [0.1, 0.15) is 25.8 Å². The number of rotatable bonds is 2. The first-order valence-electron chi connectivity index (χ1n) is 4.41. The fraction of sp³-hybridized carbons (Fsp3) is 0.364. The van der Waals surface area contributed by atoms with Gasteiger partial charge in [0.15, 0.2) is 0 Å². The van der Waals surface area contributed by atoms with Gasteiger partial charge in [0.05, 0.1) is 16.0 Å². The van der Waals surface area contributed by atoms with Crippen molar-refractivity contribution in [3.8, 4) is 6.07 Å². The van der Waals surface area contributed by atoms with E-state index >= 15 is 0 Å². The highest BCUT2D eigenvalue weighted by atomic mass is 79.9. The quantitative estimate of drug-likeness (QED) is 0.789. The summed E-state index contributed by atoms with van der Waals surface area (Å²) < 4.78 is 14.1. The molecule has 1 aromatic carbocycles. The number of benzene rings is 1. The molecule has 0 spiro atoms. The van der Waals surface area contributed by atoms with Crippen molar-refractivity contribution in [2.75, 3.05) is 0 Å². The molecule has 0 aliphatic carbocycles. The minimum atomic E-state index is -0.742. The number of hydrogen-bond acceptors (Lipinski definition) is 1. The maximum atomic E-state index is 13.7. The molecule has 1 nitrogen and oxygen atoms in total. The Morgan fingerprint density at radius 3 is 2.71 bits per heavy atom. The zero-order chi connectivity index (χ0) is 10.8. The predicted octanol–water partition coefficient (Wildman–Crippen LogP) is 3.78. The lowest BCUT2D eigenvalue weighted by Gasteiger charge is -2.20. The van der Waals surface area contributed by atoms with Crippen LogP contribution >= 0.6 is 15.9 Å². The molecule has 0 aliphatic rings. The average molecular weight is 256 g/mol. The van der Waals surface area contributed by atoms with Crippen LogP contribution < -0.4 is 0 Å². The van der Waals surface area contributed by atoms with Crippen molar-refractivity contribution in [3.63, 3.8) is 0 Å². The highest BCUT2D eigenvalue weighted by molar-refractivity contribution is 9.10. The van der Waals surface area contributed by atoms with Crippen LogP contribution in [0.3, 0.4) is 0 Å². The minimum absolute atomic E-state index is 0.335. The molecular weight excluding hydrogens is 245 g/mol. The Kier molecular flexibility index (Phi) is 3.28. The zero-order valence-corrected chi connectivity index (χ0v) is 9.73. The molecule has 0 saturated heterocycles. The third kappa shape index (κ3) is 1.80. The molecule has 0 bridgehead atoms. The molecule has 14 heavy (non-hydrogen) atoms. The van der Waals surface area contributed by atoms with Gasteiger partial charge in [-0.15, -0.1) is 0 Å². The van der Waals surface area contributed by atoms with E-state index in [0.717, 1.165) is 0 Å². The van der Waals surface area contributed by atoms with Crippen molar-refractivity contribution in [1.82, 2.24) is 0 Å². The minimum Gasteiger partial charge on any atom is -0.205 e. The molecule has 1 unspecified atom stereocenters. The summed E-state index contributed by atoms with van der Waals surface area (Å²) in [6.07, 6.45) is 0.594. The predicted molar refractivity (Wildman–Crippen MR) is 57.4 cm³/mol. The van der Waals surface area contributed by atoms with Gasteiger partial charge >= 0.3 is 0 Å². The molecule has 3 heteroatoms. The van der Waals surface area contributed by atoms with Crippen LogP contribution in [0.25, 0.3) is 0 Å². The lowest BCUT2D eigenvalue weighted by molar-refractivity contribution is 0.521. The molecule has 74 valence electrons. The lowest BCUT2D eigenvalue weighted by atomic mass is 9.81. The summed E-state index contributed by atoms with van der Waals surface area (Å²) >= 11 is 3.11. The third-order valence-corrected chi connectivity index (χ3v) is 3.11. The Balaban J connectivity index is 3.33. The highest BCUT2D eigenvalue weighted by Gasteiger charge is 2.28. The largest absolute Gasteiger partial charge is 0.205 e. The summed E-state index contributed by atoms with van der Waals surface area (Å²) in [5, 5.41) is 9.02. The molecule has 0 saturated carbocycles. The topological polar surface area (TPSA) is 23.8 Å². The Morgan fingerprint density at radius 1 is 1.57 bits per heavy atom. The molecule has 0 aliphatic heterocycles. The van der Waals surface area contributed by atoms with Crippen molar-refractivity contribution in [3.05, 3.63) is 34.1 Å². The summed E-state index contributed by atoms with van der Waals surface area (Å²) in [4.78, 5) is 0. The lowest BCUT2D eigenvalue weighted by Crippen LogP contribution is -2.19. The highest BCUT2D eigenvalue weighted by Crippen LogP contribution is 2.31. The van der Waals surface area contributed by atoms with Crippen molar-refractivity contribution in [2.24, 2.45) is 0 Å². The van der Waals surface area contributed by atoms with Gasteiger partial charge in [0.25, 0.3) is 0 Å². The maximum absolute atomic E-state index is 13.7. The van der Waals surface area contributed by atoms with E-state index in [-0.39, 0.29) is 5.82 Å². The first-order chi connectivity index (χ1) is 6.55. The van der Waals surface area contributed by atoms with Crippen LogP contribution in [-0.4, -0.2) is 0 Å². The van der Waals surface area contributed by atoms with Crippen LogP contribution in [0.5, 0.6) is 0 Å². The standard InChI is InChI=1S/C11H11BrFN/c1-3-11(2,7-14)8-5-4-6-9(12)10(8)13/h4-6H,3H2,1-2H3. The molecular formula is C11H11BrFN. The van der Waals surface area contributed by atoms with Crippen molar-refractivity contribution in [1.29, 1.82) is 5.26 Å². The van der Waals surface area contributed by atoms with Crippen LogP contribution in [0, 0.1) is 17.1 Å². The number of nitriles is 1. The van der Waals surface area contributed by atoms with Gasteiger partial charge in [0.2, 0.25) is 0 Å². The summed E-state index contributed by atoms with van der Waals surface area (Å²) in [7, 11) is 0. The summed E-state index contributed by atoms with van der Waals surface area (Å²) in [6, 6.07) is 7.19. The van der Waals surface area contributed by atoms with E-state index in [0.29, 0.717) is 16.5 Å². The second kappa shape index (κ2) is 4.10. The van der Waals surface area contributed by atoms with E-state index in [1.165, 1.54) is 0 Å². The van der Waals surface area contributed by atoms with Crippen LogP contribution in [-0.2, 0) is 5.41 Å². The fourth-order valence-electron chi connectivity index (χ4n) is 1.26. The van der Waals surface area contributed by atoms with E-state index < -0.39 is 5.41 Å². The van der Waals surface area contributed by atoms with Gasteiger partial charge in [0, 0.05) is 5.56 Å². The summed E-state index contributed by atoms with van der Waals surface area (Å²) in [5.41, 5.74) is -0.287. The van der Waals surface area contributed by atoms with Gasteiger partial charge in [-0.05, 0) is 35.3 Å².